The van der Waals surface area contributed by atoms with Crippen LogP contribution in [-0.4, -0.2) is 27.4 Å². The second kappa shape index (κ2) is 7.33. The first-order chi connectivity index (χ1) is 11.8. The van der Waals surface area contributed by atoms with E-state index < -0.39 is 0 Å². The third-order valence-electron chi connectivity index (χ3n) is 5.19. The van der Waals surface area contributed by atoms with E-state index in [1.165, 1.54) is 41.1 Å². The van der Waals surface area contributed by atoms with Crippen LogP contribution in [0.15, 0.2) is 18.6 Å². The van der Waals surface area contributed by atoms with Crippen molar-refractivity contribution in [1.29, 1.82) is 0 Å². The predicted molar refractivity (Wildman–Crippen MR) is 95.1 cm³/mol. The highest BCUT2D eigenvalue weighted by Crippen LogP contribution is 2.36. The molecular formula is C18H26N4OS. The molecule has 1 aliphatic carbocycles. The van der Waals surface area contributed by atoms with Gasteiger partial charge in [0.1, 0.15) is 6.10 Å². The Kier molecular flexibility index (Phi) is 4.96. The van der Waals surface area contributed by atoms with E-state index >= 15 is 0 Å². The molecule has 1 N–H and O–H groups in total. The Balaban J connectivity index is 1.38. The molecule has 0 spiro atoms. The predicted octanol–water partition coefficient (Wildman–Crippen LogP) is 3.54. The largest absolute Gasteiger partial charge is 0.372 e. The van der Waals surface area contributed by atoms with Crippen molar-refractivity contribution >= 4 is 11.3 Å². The van der Waals surface area contributed by atoms with Crippen LogP contribution in [0.25, 0.3) is 0 Å². The number of nitrogens with zero attached hydrogens (tertiary/aromatic N) is 3. The molecule has 4 rings (SSSR count). The average molecular weight is 347 g/mol. The molecule has 2 atom stereocenters. The van der Waals surface area contributed by atoms with Gasteiger partial charge in [0.05, 0.1) is 11.2 Å². The van der Waals surface area contributed by atoms with Crippen LogP contribution >= 0.6 is 11.3 Å². The van der Waals surface area contributed by atoms with Crippen molar-refractivity contribution in [3.63, 3.8) is 0 Å². The van der Waals surface area contributed by atoms with Gasteiger partial charge in [-0.25, -0.2) is 4.98 Å². The summed E-state index contributed by atoms with van der Waals surface area (Å²) in [6.07, 6.45) is 13.8. The Morgan fingerprint density at radius 2 is 2.12 bits per heavy atom. The highest BCUT2D eigenvalue weighted by molar-refractivity contribution is 7.11. The van der Waals surface area contributed by atoms with Crippen LogP contribution < -0.4 is 5.32 Å². The molecule has 0 bridgehead atoms. The Hall–Kier alpha value is -1.24. The van der Waals surface area contributed by atoms with E-state index in [9.17, 15) is 0 Å². The molecule has 5 nitrogen and oxygen atoms in total. The number of hydrogen-bond donors (Lipinski definition) is 1. The quantitative estimate of drug-likeness (QED) is 0.900. The van der Waals surface area contributed by atoms with Crippen molar-refractivity contribution in [3.8, 4) is 0 Å². The van der Waals surface area contributed by atoms with Gasteiger partial charge in [0, 0.05) is 55.0 Å². The number of aromatic nitrogens is 3. The molecule has 1 saturated carbocycles. The van der Waals surface area contributed by atoms with E-state index in [0.29, 0.717) is 12.0 Å². The Morgan fingerprint density at radius 3 is 2.92 bits per heavy atom. The number of ether oxygens (including phenoxy) is 1. The van der Waals surface area contributed by atoms with Gasteiger partial charge in [0.15, 0.2) is 0 Å². The van der Waals surface area contributed by atoms with Crippen molar-refractivity contribution in [2.45, 2.75) is 63.1 Å². The van der Waals surface area contributed by atoms with Crippen molar-refractivity contribution in [1.82, 2.24) is 20.1 Å². The van der Waals surface area contributed by atoms with E-state index in [1.54, 1.807) is 0 Å². The first-order valence-electron chi connectivity index (χ1n) is 9.08. The van der Waals surface area contributed by atoms with Crippen LogP contribution in [0.5, 0.6) is 0 Å². The molecule has 2 aliphatic rings. The second-order valence-corrected chi connectivity index (χ2v) is 8.16. The molecule has 2 aromatic heterocycles. The number of hydrogen-bond acceptors (Lipinski definition) is 5. The van der Waals surface area contributed by atoms with Crippen LogP contribution in [0.1, 0.15) is 66.0 Å². The first-order valence-corrected chi connectivity index (χ1v) is 9.89. The molecule has 0 aromatic carbocycles. The molecule has 1 saturated heterocycles. The summed E-state index contributed by atoms with van der Waals surface area (Å²) in [6, 6.07) is 0.347. The highest BCUT2D eigenvalue weighted by atomic mass is 32.1. The molecule has 130 valence electrons. The van der Waals surface area contributed by atoms with Crippen molar-refractivity contribution in [3.05, 3.63) is 34.0 Å². The molecule has 1 aliphatic heterocycles. The van der Waals surface area contributed by atoms with Gasteiger partial charge in [-0.3, -0.25) is 4.68 Å². The normalized spacial score (nSPS) is 25.4. The maximum Gasteiger partial charge on any atom is 0.101 e. The highest BCUT2D eigenvalue weighted by Gasteiger charge is 2.28. The summed E-state index contributed by atoms with van der Waals surface area (Å²) >= 11 is 1.89. The Labute approximate surface area is 147 Å². The molecule has 0 unspecified atom stereocenters. The van der Waals surface area contributed by atoms with Crippen molar-refractivity contribution < 1.29 is 4.74 Å². The standard InChI is InChI=1S/C18H26N4OS/c1-22-12-14(9-21-22)17-16(7-4-8-23-17)19-10-15-11-20-18(24-15)13-5-2-3-6-13/h9,11-13,16-17,19H,2-8,10H2,1H3/t16-,17+/m0/s1. The number of thiazole rings is 1. The molecular weight excluding hydrogens is 320 g/mol. The lowest BCUT2D eigenvalue weighted by Crippen LogP contribution is -2.38. The van der Waals surface area contributed by atoms with E-state index in [-0.39, 0.29) is 6.10 Å². The average Bonchev–Trinajstić information content (AvgIpc) is 3.34. The number of nitrogens with one attached hydrogen (secondary N) is 1. The SMILES string of the molecule is Cn1cc([C@H]2OCCC[C@@H]2NCc2cnc(C3CCCC3)s2)cn1. The lowest BCUT2D eigenvalue weighted by atomic mass is 9.98. The molecule has 0 radical (unpaired) electrons. The lowest BCUT2D eigenvalue weighted by Gasteiger charge is -2.31. The van der Waals surface area contributed by atoms with Gasteiger partial charge in [-0.05, 0) is 25.7 Å². The maximum atomic E-state index is 6.04. The summed E-state index contributed by atoms with van der Waals surface area (Å²) in [5, 5.41) is 9.34. The van der Waals surface area contributed by atoms with Crippen molar-refractivity contribution in [2.75, 3.05) is 6.61 Å². The van der Waals surface area contributed by atoms with E-state index in [2.05, 4.69) is 27.8 Å². The molecule has 0 amide bonds. The second-order valence-electron chi connectivity index (χ2n) is 7.01. The monoisotopic (exact) mass is 346 g/mol. The van der Waals surface area contributed by atoms with E-state index in [0.717, 1.165) is 26.0 Å². The first kappa shape index (κ1) is 16.2. The summed E-state index contributed by atoms with van der Waals surface area (Å²) in [7, 11) is 1.95. The number of rotatable bonds is 5. The summed E-state index contributed by atoms with van der Waals surface area (Å²) in [5.41, 5.74) is 1.17. The van der Waals surface area contributed by atoms with Crippen LogP contribution in [0.3, 0.4) is 0 Å². The van der Waals surface area contributed by atoms with Crippen LogP contribution in [-0.2, 0) is 18.3 Å². The van der Waals surface area contributed by atoms with Gasteiger partial charge in [-0.15, -0.1) is 11.3 Å². The molecule has 2 aromatic rings. The molecule has 2 fully saturated rings. The van der Waals surface area contributed by atoms with Gasteiger partial charge in [-0.1, -0.05) is 12.8 Å². The van der Waals surface area contributed by atoms with Gasteiger partial charge in [-0.2, -0.15) is 5.10 Å². The zero-order valence-corrected chi connectivity index (χ0v) is 15.1. The van der Waals surface area contributed by atoms with Crippen LogP contribution in [0, 0.1) is 0 Å². The van der Waals surface area contributed by atoms with E-state index in [4.69, 9.17) is 4.74 Å². The van der Waals surface area contributed by atoms with Gasteiger partial charge < -0.3 is 10.1 Å². The Bertz CT molecular complexity index is 662. The zero-order valence-electron chi connectivity index (χ0n) is 14.3. The number of aryl methyl sites for hydroxylation is 1. The third-order valence-corrected chi connectivity index (χ3v) is 6.35. The molecule has 24 heavy (non-hydrogen) atoms. The Morgan fingerprint density at radius 1 is 1.25 bits per heavy atom. The topological polar surface area (TPSA) is 52.0 Å². The maximum absolute atomic E-state index is 6.04. The van der Waals surface area contributed by atoms with Crippen LogP contribution in [0.4, 0.5) is 0 Å². The third kappa shape index (κ3) is 3.55. The fraction of sp³-hybridized carbons (Fsp3) is 0.667. The van der Waals surface area contributed by atoms with Crippen molar-refractivity contribution in [2.24, 2.45) is 7.05 Å². The lowest BCUT2D eigenvalue weighted by molar-refractivity contribution is -0.0111. The fourth-order valence-electron chi connectivity index (χ4n) is 3.90. The fourth-order valence-corrected chi connectivity index (χ4v) is 4.94. The van der Waals surface area contributed by atoms with Gasteiger partial charge in [0.25, 0.3) is 0 Å². The zero-order chi connectivity index (χ0) is 16.4. The minimum absolute atomic E-state index is 0.106. The van der Waals surface area contributed by atoms with Gasteiger partial charge >= 0.3 is 0 Å². The molecule has 3 heterocycles. The summed E-state index contributed by atoms with van der Waals surface area (Å²) in [6.45, 7) is 1.72. The minimum Gasteiger partial charge on any atom is -0.372 e. The van der Waals surface area contributed by atoms with Gasteiger partial charge in [0.2, 0.25) is 0 Å². The summed E-state index contributed by atoms with van der Waals surface area (Å²) < 4.78 is 7.89. The molecule has 6 heteroatoms. The summed E-state index contributed by atoms with van der Waals surface area (Å²) in [4.78, 5) is 6.02. The smallest absolute Gasteiger partial charge is 0.101 e. The van der Waals surface area contributed by atoms with Crippen LogP contribution in [0.2, 0.25) is 0 Å². The summed E-state index contributed by atoms with van der Waals surface area (Å²) in [5.74, 6) is 0.713. The minimum atomic E-state index is 0.106. The van der Waals surface area contributed by atoms with E-state index in [1.807, 2.05) is 29.3 Å².